The summed E-state index contributed by atoms with van der Waals surface area (Å²) in [5.74, 6) is 0. The lowest BCUT2D eigenvalue weighted by Gasteiger charge is -2.30. The Kier molecular flexibility index (Phi) is 4.50. The first-order valence-electron chi connectivity index (χ1n) is 5.80. The molecular formula is C13H21ClN2O. The minimum atomic E-state index is -0.403. The molecule has 0 aliphatic rings. The van der Waals surface area contributed by atoms with Gasteiger partial charge in [0.25, 0.3) is 0 Å². The Balaban J connectivity index is 2.88. The van der Waals surface area contributed by atoms with E-state index in [-0.39, 0.29) is 5.41 Å². The first-order chi connectivity index (χ1) is 7.77. The van der Waals surface area contributed by atoms with Crippen molar-refractivity contribution in [2.24, 2.45) is 5.41 Å². The lowest BCUT2D eigenvalue weighted by atomic mass is 9.84. The van der Waals surface area contributed by atoms with Crippen molar-refractivity contribution < 1.29 is 4.74 Å². The van der Waals surface area contributed by atoms with Crippen LogP contribution in [0.25, 0.3) is 0 Å². The summed E-state index contributed by atoms with van der Waals surface area (Å²) in [5, 5.41) is 0.453. The molecule has 17 heavy (non-hydrogen) atoms. The highest BCUT2D eigenvalue weighted by Crippen LogP contribution is 2.33. The van der Waals surface area contributed by atoms with Gasteiger partial charge >= 0.3 is 0 Å². The second-order valence-electron chi connectivity index (χ2n) is 5.72. The van der Waals surface area contributed by atoms with Crippen LogP contribution < -0.4 is 0 Å². The van der Waals surface area contributed by atoms with Crippen LogP contribution in [-0.4, -0.2) is 17.1 Å². The molecule has 0 saturated heterocycles. The largest absolute Gasteiger partial charge is 0.372 e. The van der Waals surface area contributed by atoms with Crippen molar-refractivity contribution in [1.29, 1.82) is 0 Å². The zero-order valence-electron chi connectivity index (χ0n) is 11.2. The fourth-order valence-corrected chi connectivity index (χ4v) is 1.72. The molecule has 96 valence electrons. The molecule has 0 aliphatic carbocycles. The van der Waals surface area contributed by atoms with E-state index in [0.29, 0.717) is 5.15 Å². The van der Waals surface area contributed by atoms with E-state index in [0.717, 1.165) is 18.5 Å². The van der Waals surface area contributed by atoms with Crippen LogP contribution in [0.4, 0.5) is 0 Å². The van der Waals surface area contributed by atoms with E-state index in [2.05, 4.69) is 30.7 Å². The number of aromatic nitrogens is 2. The third-order valence-electron chi connectivity index (χ3n) is 2.98. The lowest BCUT2D eigenvalue weighted by Crippen LogP contribution is -2.27. The van der Waals surface area contributed by atoms with Crippen LogP contribution in [0.1, 0.15) is 46.2 Å². The van der Waals surface area contributed by atoms with Gasteiger partial charge in [-0.1, -0.05) is 32.4 Å². The van der Waals surface area contributed by atoms with Gasteiger partial charge in [0, 0.05) is 13.2 Å². The van der Waals surface area contributed by atoms with Crippen molar-refractivity contribution in [3.63, 3.8) is 0 Å². The average Bonchev–Trinajstić information content (AvgIpc) is 2.25. The van der Waals surface area contributed by atoms with Gasteiger partial charge in [-0.3, -0.25) is 0 Å². The summed E-state index contributed by atoms with van der Waals surface area (Å²) in [6.45, 7) is 8.69. The van der Waals surface area contributed by atoms with Gasteiger partial charge in [-0.2, -0.15) is 0 Å². The van der Waals surface area contributed by atoms with E-state index in [4.69, 9.17) is 16.3 Å². The molecule has 0 fully saturated rings. The monoisotopic (exact) mass is 256 g/mol. The Morgan fingerprint density at radius 1 is 1.18 bits per heavy atom. The summed E-state index contributed by atoms with van der Waals surface area (Å²) in [7, 11) is 1.71. The van der Waals surface area contributed by atoms with Crippen LogP contribution >= 0.6 is 11.6 Å². The minimum Gasteiger partial charge on any atom is -0.372 e. The SMILES string of the molecule is COC(C)(CCC(C)(C)C)c1cc(Cl)ncn1. The van der Waals surface area contributed by atoms with Crippen LogP contribution in [0.5, 0.6) is 0 Å². The van der Waals surface area contributed by atoms with Crippen molar-refractivity contribution in [1.82, 2.24) is 9.97 Å². The first kappa shape index (κ1) is 14.4. The second kappa shape index (κ2) is 5.32. The van der Waals surface area contributed by atoms with E-state index < -0.39 is 5.60 Å². The molecule has 1 atom stereocenters. The summed E-state index contributed by atoms with van der Waals surface area (Å²) in [4.78, 5) is 8.16. The van der Waals surface area contributed by atoms with E-state index >= 15 is 0 Å². The third-order valence-corrected chi connectivity index (χ3v) is 3.18. The van der Waals surface area contributed by atoms with Crippen LogP contribution in [-0.2, 0) is 10.3 Å². The highest BCUT2D eigenvalue weighted by molar-refractivity contribution is 6.29. The minimum absolute atomic E-state index is 0.274. The fraction of sp³-hybridized carbons (Fsp3) is 0.692. The van der Waals surface area contributed by atoms with Crippen molar-refractivity contribution in [2.45, 2.75) is 46.1 Å². The van der Waals surface area contributed by atoms with E-state index in [1.165, 1.54) is 6.33 Å². The number of halogens is 1. The van der Waals surface area contributed by atoms with Gasteiger partial charge in [0.1, 0.15) is 17.1 Å². The predicted octanol–water partition coefficient (Wildman–Crippen LogP) is 3.82. The average molecular weight is 257 g/mol. The Bertz CT molecular complexity index is 376. The topological polar surface area (TPSA) is 35.0 Å². The fourth-order valence-electron chi connectivity index (χ4n) is 1.57. The Morgan fingerprint density at radius 2 is 1.82 bits per heavy atom. The molecule has 3 nitrogen and oxygen atoms in total. The quantitative estimate of drug-likeness (QED) is 0.769. The maximum absolute atomic E-state index is 5.89. The van der Waals surface area contributed by atoms with Crippen molar-refractivity contribution in [3.05, 3.63) is 23.2 Å². The Hall–Kier alpha value is -0.670. The number of ether oxygens (including phenoxy) is 1. The molecule has 0 aromatic carbocycles. The molecule has 1 heterocycles. The Morgan fingerprint density at radius 3 is 2.29 bits per heavy atom. The van der Waals surface area contributed by atoms with Gasteiger partial charge in [0.2, 0.25) is 0 Å². The van der Waals surface area contributed by atoms with Gasteiger partial charge in [-0.15, -0.1) is 0 Å². The van der Waals surface area contributed by atoms with E-state index in [1.54, 1.807) is 13.2 Å². The van der Waals surface area contributed by atoms with Crippen molar-refractivity contribution in [3.8, 4) is 0 Å². The highest BCUT2D eigenvalue weighted by atomic mass is 35.5. The van der Waals surface area contributed by atoms with Gasteiger partial charge in [0.05, 0.1) is 5.69 Å². The van der Waals surface area contributed by atoms with E-state index in [9.17, 15) is 0 Å². The lowest BCUT2D eigenvalue weighted by molar-refractivity contribution is -0.0172. The molecule has 0 amide bonds. The number of hydrogen-bond donors (Lipinski definition) is 0. The molecule has 0 saturated carbocycles. The van der Waals surface area contributed by atoms with Gasteiger partial charge in [-0.25, -0.2) is 9.97 Å². The summed E-state index contributed by atoms with van der Waals surface area (Å²) in [6.07, 6.45) is 3.44. The molecule has 1 unspecified atom stereocenters. The molecular weight excluding hydrogens is 236 g/mol. The predicted molar refractivity (Wildman–Crippen MR) is 70.1 cm³/mol. The maximum Gasteiger partial charge on any atom is 0.132 e. The number of hydrogen-bond acceptors (Lipinski definition) is 3. The molecule has 0 aliphatic heterocycles. The van der Waals surface area contributed by atoms with Crippen LogP contribution in [0.2, 0.25) is 5.15 Å². The molecule has 1 rings (SSSR count). The van der Waals surface area contributed by atoms with Crippen molar-refractivity contribution in [2.75, 3.05) is 7.11 Å². The van der Waals surface area contributed by atoms with E-state index in [1.807, 2.05) is 6.92 Å². The molecule has 0 bridgehead atoms. The molecule has 1 aromatic rings. The van der Waals surface area contributed by atoms with Gasteiger partial charge < -0.3 is 4.74 Å². The smallest absolute Gasteiger partial charge is 0.132 e. The highest BCUT2D eigenvalue weighted by Gasteiger charge is 2.29. The standard InChI is InChI=1S/C13H21ClN2O/c1-12(2,3)6-7-13(4,17-5)10-8-11(14)16-9-15-10/h8-9H,6-7H2,1-5H3. The summed E-state index contributed by atoms with van der Waals surface area (Å²) < 4.78 is 5.63. The summed E-state index contributed by atoms with van der Waals surface area (Å²) in [5.41, 5.74) is 0.709. The number of nitrogens with zero attached hydrogens (tertiary/aromatic N) is 2. The second-order valence-corrected chi connectivity index (χ2v) is 6.11. The first-order valence-corrected chi connectivity index (χ1v) is 6.18. The van der Waals surface area contributed by atoms with Crippen molar-refractivity contribution >= 4 is 11.6 Å². The molecule has 0 spiro atoms. The van der Waals surface area contributed by atoms with Gasteiger partial charge in [0.15, 0.2) is 0 Å². The maximum atomic E-state index is 5.89. The molecule has 0 N–H and O–H groups in total. The molecule has 0 radical (unpaired) electrons. The van der Waals surface area contributed by atoms with Crippen LogP contribution in [0.3, 0.4) is 0 Å². The third kappa shape index (κ3) is 4.25. The van der Waals surface area contributed by atoms with Crippen LogP contribution in [0.15, 0.2) is 12.4 Å². The van der Waals surface area contributed by atoms with Gasteiger partial charge in [-0.05, 0) is 25.2 Å². The zero-order chi connectivity index (χ0) is 13.1. The normalized spacial score (nSPS) is 15.6. The number of rotatable bonds is 4. The molecule has 1 aromatic heterocycles. The summed E-state index contributed by atoms with van der Waals surface area (Å²) in [6, 6.07) is 1.77. The number of methoxy groups -OCH3 is 1. The zero-order valence-corrected chi connectivity index (χ0v) is 12.0. The molecule has 4 heteroatoms. The summed E-state index contributed by atoms with van der Waals surface area (Å²) >= 11 is 5.89. The Labute approximate surface area is 109 Å². The van der Waals surface area contributed by atoms with Crippen LogP contribution in [0, 0.1) is 5.41 Å².